The number of benzene rings is 1. The molecule has 1 aromatic carbocycles. The van der Waals surface area contributed by atoms with Crippen LogP contribution in [0.2, 0.25) is 0 Å². The van der Waals surface area contributed by atoms with E-state index in [9.17, 15) is 9.18 Å². The summed E-state index contributed by atoms with van der Waals surface area (Å²) in [5.74, 6) is -0.740. The lowest BCUT2D eigenvalue weighted by molar-refractivity contribution is 0.00578. The van der Waals surface area contributed by atoms with E-state index in [1.165, 1.54) is 6.07 Å². The smallest absolute Gasteiger partial charge is 0.399 e. The summed E-state index contributed by atoms with van der Waals surface area (Å²) in [5.41, 5.74) is 0.617. The molecule has 1 aromatic rings. The van der Waals surface area contributed by atoms with Crippen LogP contribution in [0.3, 0.4) is 0 Å². The Labute approximate surface area is 143 Å². The first kappa shape index (κ1) is 17.4. The summed E-state index contributed by atoms with van der Waals surface area (Å²) in [6, 6.07) is 3.01. The van der Waals surface area contributed by atoms with Gasteiger partial charge in [-0.15, -0.1) is 0 Å². The van der Waals surface area contributed by atoms with Gasteiger partial charge in [0.25, 0.3) is 5.91 Å². The molecule has 0 saturated carbocycles. The maximum atomic E-state index is 14.6. The number of amides is 1. The highest BCUT2D eigenvalue weighted by Gasteiger charge is 2.52. The molecular formula is C18H25BFNO3. The highest BCUT2D eigenvalue weighted by atomic mass is 19.1. The van der Waals surface area contributed by atoms with E-state index in [1.807, 2.05) is 34.6 Å². The second-order valence-electron chi connectivity index (χ2n) is 7.78. The van der Waals surface area contributed by atoms with Crippen LogP contribution in [-0.2, 0) is 9.31 Å². The van der Waals surface area contributed by atoms with Gasteiger partial charge in [-0.05, 0) is 65.1 Å². The highest BCUT2D eigenvalue weighted by molar-refractivity contribution is 6.62. The second kappa shape index (κ2) is 5.85. The molecule has 2 fully saturated rings. The Kier molecular flexibility index (Phi) is 4.25. The number of carbonyl (C=O) groups is 1. The van der Waals surface area contributed by atoms with E-state index >= 15 is 0 Å². The number of likely N-dealkylation sites (tertiary alicyclic amines) is 1. The Morgan fingerprint density at radius 3 is 2.21 bits per heavy atom. The van der Waals surface area contributed by atoms with Crippen LogP contribution in [-0.4, -0.2) is 42.2 Å². The summed E-state index contributed by atoms with van der Waals surface area (Å²) in [4.78, 5) is 14.2. The minimum absolute atomic E-state index is 0.134. The summed E-state index contributed by atoms with van der Waals surface area (Å²) in [5, 5.41) is 0. The van der Waals surface area contributed by atoms with Gasteiger partial charge < -0.3 is 14.2 Å². The average Bonchev–Trinajstić information content (AvgIpc) is 3.07. The lowest BCUT2D eigenvalue weighted by atomic mass is 9.75. The van der Waals surface area contributed by atoms with Crippen molar-refractivity contribution in [2.75, 3.05) is 13.1 Å². The fourth-order valence-electron chi connectivity index (χ4n) is 3.18. The molecule has 1 amide bonds. The molecule has 2 aliphatic rings. The Hall–Kier alpha value is -1.40. The molecular weight excluding hydrogens is 308 g/mol. The van der Waals surface area contributed by atoms with Crippen molar-refractivity contribution in [2.24, 2.45) is 0 Å². The van der Waals surface area contributed by atoms with Crippen LogP contribution in [0.25, 0.3) is 0 Å². The van der Waals surface area contributed by atoms with E-state index in [4.69, 9.17) is 9.31 Å². The van der Waals surface area contributed by atoms with E-state index in [2.05, 4.69) is 0 Å². The molecule has 2 aliphatic heterocycles. The molecule has 3 rings (SSSR count). The topological polar surface area (TPSA) is 38.8 Å². The van der Waals surface area contributed by atoms with Crippen molar-refractivity contribution in [3.63, 3.8) is 0 Å². The largest absolute Gasteiger partial charge is 0.495 e. The summed E-state index contributed by atoms with van der Waals surface area (Å²) in [7, 11) is -0.625. The number of aryl methyl sites for hydroxylation is 1. The van der Waals surface area contributed by atoms with Gasteiger partial charge in [0, 0.05) is 13.1 Å². The molecule has 0 radical (unpaired) electrons. The molecule has 0 aliphatic carbocycles. The Bertz CT molecular complexity index is 652. The molecule has 0 N–H and O–H groups in total. The minimum Gasteiger partial charge on any atom is -0.399 e. The van der Waals surface area contributed by atoms with Crippen LogP contribution in [0, 0.1) is 12.7 Å². The van der Waals surface area contributed by atoms with Gasteiger partial charge in [-0.25, -0.2) is 4.39 Å². The lowest BCUT2D eigenvalue weighted by Gasteiger charge is -2.32. The summed E-state index contributed by atoms with van der Waals surface area (Å²) < 4.78 is 26.6. The van der Waals surface area contributed by atoms with Crippen molar-refractivity contribution in [2.45, 2.75) is 58.7 Å². The fourth-order valence-corrected chi connectivity index (χ4v) is 3.18. The van der Waals surface area contributed by atoms with Crippen LogP contribution in [0.1, 0.15) is 56.5 Å². The fraction of sp³-hybridized carbons (Fsp3) is 0.611. The molecule has 2 heterocycles. The SMILES string of the molecule is Cc1cc(C(=O)N2CCCC2)c(F)cc1B1OC(C)(C)C(C)(C)O1. The van der Waals surface area contributed by atoms with Gasteiger partial charge in [-0.1, -0.05) is 5.56 Å². The van der Waals surface area contributed by atoms with Gasteiger partial charge in [-0.3, -0.25) is 4.79 Å². The minimum atomic E-state index is -0.625. The normalized spacial score (nSPS) is 22.2. The Balaban J connectivity index is 1.90. The van der Waals surface area contributed by atoms with Gasteiger partial charge in [0.15, 0.2) is 0 Å². The van der Waals surface area contributed by atoms with Crippen LogP contribution in [0.4, 0.5) is 4.39 Å². The molecule has 4 nitrogen and oxygen atoms in total. The first-order valence-corrected chi connectivity index (χ1v) is 8.57. The van der Waals surface area contributed by atoms with Crippen LogP contribution >= 0.6 is 0 Å². The standard InChI is InChI=1S/C18H25BFNO3/c1-12-10-13(16(22)21-8-6-7-9-21)15(20)11-14(12)19-23-17(2,3)18(4,5)24-19/h10-11H,6-9H2,1-5H3. The number of rotatable bonds is 2. The average molecular weight is 333 g/mol. The molecule has 24 heavy (non-hydrogen) atoms. The predicted octanol–water partition coefficient (Wildman–Crippen LogP) is 2.67. The van der Waals surface area contributed by atoms with Gasteiger partial charge >= 0.3 is 7.12 Å². The summed E-state index contributed by atoms with van der Waals surface area (Å²) in [6.45, 7) is 11.1. The van der Waals surface area contributed by atoms with Crippen LogP contribution < -0.4 is 5.46 Å². The number of nitrogens with zero attached hydrogens (tertiary/aromatic N) is 1. The zero-order valence-electron chi connectivity index (χ0n) is 15.1. The molecule has 0 atom stereocenters. The van der Waals surface area contributed by atoms with E-state index < -0.39 is 24.1 Å². The number of hydrogen-bond donors (Lipinski definition) is 0. The third kappa shape index (κ3) is 2.86. The highest BCUT2D eigenvalue weighted by Crippen LogP contribution is 2.36. The lowest BCUT2D eigenvalue weighted by Crippen LogP contribution is -2.41. The molecule has 6 heteroatoms. The van der Waals surface area contributed by atoms with Crippen LogP contribution in [0.5, 0.6) is 0 Å². The second-order valence-corrected chi connectivity index (χ2v) is 7.78. The zero-order chi connectivity index (χ0) is 17.7. The third-order valence-electron chi connectivity index (χ3n) is 5.49. The molecule has 0 spiro atoms. The van der Waals surface area contributed by atoms with Crippen molar-refractivity contribution >= 4 is 18.5 Å². The zero-order valence-corrected chi connectivity index (χ0v) is 15.1. The summed E-state index contributed by atoms with van der Waals surface area (Å²) >= 11 is 0. The number of halogens is 1. The van der Waals surface area contributed by atoms with E-state index in [0.717, 1.165) is 18.4 Å². The predicted molar refractivity (Wildman–Crippen MR) is 92.0 cm³/mol. The van der Waals surface area contributed by atoms with Crippen molar-refractivity contribution in [3.05, 3.63) is 29.1 Å². The number of carbonyl (C=O) groups excluding carboxylic acids is 1. The molecule has 0 unspecified atom stereocenters. The van der Waals surface area contributed by atoms with Gasteiger partial charge in [0.05, 0.1) is 16.8 Å². The number of hydrogen-bond acceptors (Lipinski definition) is 3. The van der Waals surface area contributed by atoms with Gasteiger partial charge in [0.2, 0.25) is 0 Å². The van der Waals surface area contributed by atoms with E-state index in [-0.39, 0.29) is 11.5 Å². The molecule has 0 bridgehead atoms. The molecule has 130 valence electrons. The van der Waals surface area contributed by atoms with Gasteiger partial charge in [-0.2, -0.15) is 0 Å². The van der Waals surface area contributed by atoms with Crippen molar-refractivity contribution in [1.82, 2.24) is 4.90 Å². The first-order chi connectivity index (χ1) is 11.1. The van der Waals surface area contributed by atoms with Crippen molar-refractivity contribution < 1.29 is 18.5 Å². The maximum absolute atomic E-state index is 14.6. The maximum Gasteiger partial charge on any atom is 0.495 e. The van der Waals surface area contributed by atoms with Crippen molar-refractivity contribution in [1.29, 1.82) is 0 Å². The molecule has 0 aromatic heterocycles. The van der Waals surface area contributed by atoms with E-state index in [1.54, 1.807) is 11.0 Å². The monoisotopic (exact) mass is 333 g/mol. The van der Waals surface area contributed by atoms with Crippen LogP contribution in [0.15, 0.2) is 12.1 Å². The van der Waals surface area contributed by atoms with E-state index in [0.29, 0.717) is 18.6 Å². The Morgan fingerprint density at radius 1 is 1.12 bits per heavy atom. The third-order valence-corrected chi connectivity index (χ3v) is 5.49. The Morgan fingerprint density at radius 2 is 1.67 bits per heavy atom. The van der Waals surface area contributed by atoms with Crippen molar-refractivity contribution in [3.8, 4) is 0 Å². The summed E-state index contributed by atoms with van der Waals surface area (Å²) in [6.07, 6.45) is 1.97. The molecule has 2 saturated heterocycles. The quantitative estimate of drug-likeness (QED) is 0.781. The first-order valence-electron chi connectivity index (χ1n) is 8.57. The van der Waals surface area contributed by atoms with Gasteiger partial charge in [0.1, 0.15) is 5.82 Å².